The van der Waals surface area contributed by atoms with Crippen molar-refractivity contribution in [3.8, 4) is 0 Å². The van der Waals surface area contributed by atoms with Gasteiger partial charge in [0.05, 0.1) is 5.02 Å². The molecule has 0 saturated carbocycles. The van der Waals surface area contributed by atoms with Crippen LogP contribution in [0.5, 0.6) is 0 Å². The minimum Gasteiger partial charge on any atom is -0.324 e. The highest BCUT2D eigenvalue weighted by Crippen LogP contribution is 2.20. The van der Waals surface area contributed by atoms with Crippen LogP contribution in [-0.4, -0.2) is 4.98 Å². The molecular formula is C9H13ClN2. The van der Waals surface area contributed by atoms with Crippen LogP contribution in [-0.2, 0) is 0 Å². The fraction of sp³-hybridized carbons (Fsp3) is 0.444. The highest BCUT2D eigenvalue weighted by Gasteiger charge is 2.10. The van der Waals surface area contributed by atoms with Crippen LogP contribution in [0.1, 0.15) is 25.5 Å². The topological polar surface area (TPSA) is 38.9 Å². The van der Waals surface area contributed by atoms with Crippen molar-refractivity contribution in [3.05, 3.63) is 29.0 Å². The number of hydrogen-bond acceptors (Lipinski definition) is 2. The van der Waals surface area contributed by atoms with E-state index in [1.165, 1.54) is 0 Å². The highest BCUT2D eigenvalue weighted by molar-refractivity contribution is 6.30. The zero-order chi connectivity index (χ0) is 9.14. The van der Waals surface area contributed by atoms with E-state index < -0.39 is 0 Å². The molecule has 0 bridgehead atoms. The van der Waals surface area contributed by atoms with Crippen LogP contribution >= 0.6 is 11.6 Å². The first kappa shape index (κ1) is 9.49. The Morgan fingerprint density at radius 2 is 2.08 bits per heavy atom. The molecule has 2 nitrogen and oxygen atoms in total. The van der Waals surface area contributed by atoms with Crippen molar-refractivity contribution >= 4 is 11.6 Å². The zero-order valence-electron chi connectivity index (χ0n) is 7.29. The van der Waals surface area contributed by atoms with Crippen molar-refractivity contribution in [1.82, 2.24) is 4.98 Å². The molecule has 1 heterocycles. The molecule has 1 aromatic heterocycles. The van der Waals surface area contributed by atoms with Gasteiger partial charge in [0, 0.05) is 18.4 Å². The van der Waals surface area contributed by atoms with Gasteiger partial charge in [0.25, 0.3) is 0 Å². The van der Waals surface area contributed by atoms with Gasteiger partial charge in [0.1, 0.15) is 0 Å². The lowest BCUT2D eigenvalue weighted by Gasteiger charge is -2.15. The second-order valence-corrected chi connectivity index (χ2v) is 3.64. The molecule has 0 aliphatic carbocycles. The van der Waals surface area contributed by atoms with Crippen molar-refractivity contribution in [2.24, 2.45) is 11.7 Å². The highest BCUT2D eigenvalue weighted by atomic mass is 35.5. The Kier molecular flexibility index (Phi) is 3.06. The molecule has 0 fully saturated rings. The number of nitrogens with zero attached hydrogens (tertiary/aromatic N) is 1. The van der Waals surface area contributed by atoms with E-state index in [1.807, 2.05) is 6.07 Å². The largest absolute Gasteiger partial charge is 0.324 e. The van der Waals surface area contributed by atoms with Crippen molar-refractivity contribution in [2.75, 3.05) is 0 Å². The minimum absolute atomic E-state index is 0.0243. The second-order valence-electron chi connectivity index (χ2n) is 3.21. The fourth-order valence-corrected chi connectivity index (χ4v) is 1.18. The first-order chi connectivity index (χ1) is 5.61. The number of rotatable bonds is 2. The summed E-state index contributed by atoms with van der Waals surface area (Å²) in [7, 11) is 0. The van der Waals surface area contributed by atoms with E-state index in [0.29, 0.717) is 10.9 Å². The number of pyridine rings is 1. The second kappa shape index (κ2) is 3.87. The lowest BCUT2D eigenvalue weighted by molar-refractivity contribution is 0.513. The maximum Gasteiger partial charge on any atom is 0.0592 e. The number of nitrogens with two attached hydrogens (primary N) is 1. The van der Waals surface area contributed by atoms with Gasteiger partial charge in [-0.05, 0) is 17.5 Å². The molecule has 1 atom stereocenters. The lowest BCUT2D eigenvalue weighted by Crippen LogP contribution is -2.16. The van der Waals surface area contributed by atoms with E-state index in [0.717, 1.165) is 5.56 Å². The number of hydrogen-bond donors (Lipinski definition) is 1. The third-order valence-electron chi connectivity index (χ3n) is 1.83. The Morgan fingerprint density at radius 1 is 1.42 bits per heavy atom. The SMILES string of the molecule is CC(C)[C@H](N)c1cncc(Cl)c1. The molecular weight excluding hydrogens is 172 g/mol. The van der Waals surface area contributed by atoms with Gasteiger partial charge in [-0.1, -0.05) is 25.4 Å². The zero-order valence-corrected chi connectivity index (χ0v) is 8.05. The molecule has 0 aliphatic rings. The van der Waals surface area contributed by atoms with Crippen LogP contribution in [0.2, 0.25) is 5.02 Å². The van der Waals surface area contributed by atoms with Crippen molar-refractivity contribution < 1.29 is 0 Å². The molecule has 0 spiro atoms. The fourth-order valence-electron chi connectivity index (χ4n) is 0.995. The van der Waals surface area contributed by atoms with E-state index in [1.54, 1.807) is 12.4 Å². The van der Waals surface area contributed by atoms with Crippen molar-refractivity contribution in [2.45, 2.75) is 19.9 Å². The predicted octanol–water partition coefficient (Wildman–Crippen LogP) is 2.39. The summed E-state index contributed by atoms with van der Waals surface area (Å²) < 4.78 is 0. The molecule has 0 saturated heterocycles. The summed E-state index contributed by atoms with van der Waals surface area (Å²) >= 11 is 5.78. The van der Waals surface area contributed by atoms with Crippen LogP contribution in [0.3, 0.4) is 0 Å². The summed E-state index contributed by atoms with van der Waals surface area (Å²) in [5.74, 6) is 0.408. The Balaban J connectivity index is 2.88. The molecule has 1 aromatic rings. The van der Waals surface area contributed by atoms with Crippen molar-refractivity contribution in [1.29, 1.82) is 0 Å². The molecule has 66 valence electrons. The Bertz CT molecular complexity index is 260. The van der Waals surface area contributed by atoms with Gasteiger partial charge < -0.3 is 5.73 Å². The van der Waals surface area contributed by atoms with Crippen LogP contribution < -0.4 is 5.73 Å². The summed E-state index contributed by atoms with van der Waals surface area (Å²) in [6, 6.07) is 1.88. The summed E-state index contributed by atoms with van der Waals surface area (Å²) in [6.45, 7) is 4.15. The summed E-state index contributed by atoms with van der Waals surface area (Å²) in [4.78, 5) is 3.98. The third-order valence-corrected chi connectivity index (χ3v) is 2.04. The van der Waals surface area contributed by atoms with Gasteiger partial charge in [-0.3, -0.25) is 4.98 Å². The molecule has 12 heavy (non-hydrogen) atoms. The molecule has 3 heteroatoms. The van der Waals surface area contributed by atoms with E-state index in [-0.39, 0.29) is 6.04 Å². The molecule has 0 radical (unpaired) electrons. The molecule has 0 amide bonds. The monoisotopic (exact) mass is 184 g/mol. The number of aromatic nitrogens is 1. The maximum atomic E-state index is 5.91. The van der Waals surface area contributed by atoms with E-state index in [9.17, 15) is 0 Å². The average molecular weight is 185 g/mol. The Morgan fingerprint density at radius 3 is 2.58 bits per heavy atom. The van der Waals surface area contributed by atoms with E-state index in [4.69, 9.17) is 17.3 Å². The number of halogens is 1. The van der Waals surface area contributed by atoms with E-state index in [2.05, 4.69) is 18.8 Å². The van der Waals surface area contributed by atoms with Gasteiger partial charge in [0.15, 0.2) is 0 Å². The first-order valence-corrected chi connectivity index (χ1v) is 4.35. The summed E-state index contributed by atoms with van der Waals surface area (Å²) in [6.07, 6.45) is 3.37. The van der Waals surface area contributed by atoms with Gasteiger partial charge in [-0.25, -0.2) is 0 Å². The maximum absolute atomic E-state index is 5.91. The average Bonchev–Trinajstić information content (AvgIpc) is 2.03. The van der Waals surface area contributed by atoms with Crippen molar-refractivity contribution in [3.63, 3.8) is 0 Å². The lowest BCUT2D eigenvalue weighted by atomic mass is 9.99. The summed E-state index contributed by atoms with van der Waals surface area (Å²) in [5.41, 5.74) is 6.91. The van der Waals surface area contributed by atoms with Gasteiger partial charge in [0.2, 0.25) is 0 Å². The smallest absolute Gasteiger partial charge is 0.0592 e. The Labute approximate surface area is 77.8 Å². The normalized spacial score (nSPS) is 13.4. The molecule has 1 rings (SSSR count). The minimum atomic E-state index is 0.0243. The summed E-state index contributed by atoms with van der Waals surface area (Å²) in [5, 5.41) is 0.642. The van der Waals surface area contributed by atoms with Crippen LogP contribution in [0, 0.1) is 5.92 Å². The molecule has 0 unspecified atom stereocenters. The quantitative estimate of drug-likeness (QED) is 0.767. The standard InChI is InChI=1S/C9H13ClN2/c1-6(2)9(11)7-3-8(10)5-12-4-7/h3-6,9H,11H2,1-2H3/t9-/m0/s1. The van der Waals surface area contributed by atoms with E-state index >= 15 is 0 Å². The first-order valence-electron chi connectivity index (χ1n) is 3.97. The van der Waals surface area contributed by atoms with Gasteiger partial charge >= 0.3 is 0 Å². The molecule has 2 N–H and O–H groups in total. The van der Waals surface area contributed by atoms with Crippen LogP contribution in [0.25, 0.3) is 0 Å². The van der Waals surface area contributed by atoms with Gasteiger partial charge in [-0.2, -0.15) is 0 Å². The Hall–Kier alpha value is -0.600. The molecule has 0 aliphatic heterocycles. The molecule has 0 aromatic carbocycles. The van der Waals surface area contributed by atoms with Crippen LogP contribution in [0.4, 0.5) is 0 Å². The third kappa shape index (κ3) is 2.19. The van der Waals surface area contributed by atoms with Crippen LogP contribution in [0.15, 0.2) is 18.5 Å². The van der Waals surface area contributed by atoms with Gasteiger partial charge in [-0.15, -0.1) is 0 Å². The predicted molar refractivity (Wildman–Crippen MR) is 51.0 cm³/mol.